The van der Waals surface area contributed by atoms with Crippen molar-refractivity contribution in [3.05, 3.63) is 100 Å². The van der Waals surface area contributed by atoms with E-state index in [9.17, 15) is 9.18 Å². The average molecular weight is 593 g/mol. The van der Waals surface area contributed by atoms with E-state index in [1.54, 1.807) is 37.2 Å². The van der Waals surface area contributed by atoms with Gasteiger partial charge in [0.05, 0.1) is 16.9 Å². The van der Waals surface area contributed by atoms with Crippen LogP contribution >= 0.6 is 28.1 Å². The van der Waals surface area contributed by atoms with Crippen LogP contribution in [-0.2, 0) is 4.79 Å². The molecular formula is C29H27BrFN5OS. The maximum Gasteiger partial charge on any atom is 0.266 e. The first-order valence-electron chi connectivity index (χ1n) is 11.9. The molecule has 0 saturated heterocycles. The SMILES string of the molecule is CNC1N=C(c2ccccc2F)c2cc(Br)ccc2N(C)C1=O.CNc1ccc(NC=S)c2ccccc12. The third kappa shape index (κ3) is 5.60. The number of anilines is 3. The zero-order valence-electron chi connectivity index (χ0n) is 21.1. The van der Waals surface area contributed by atoms with Gasteiger partial charge in [0.2, 0.25) is 0 Å². The lowest BCUT2D eigenvalue weighted by Gasteiger charge is -2.20. The van der Waals surface area contributed by atoms with E-state index >= 15 is 0 Å². The van der Waals surface area contributed by atoms with Crippen molar-refractivity contribution in [3.63, 3.8) is 0 Å². The molecule has 1 heterocycles. The molecule has 0 fully saturated rings. The van der Waals surface area contributed by atoms with E-state index in [0.29, 0.717) is 22.5 Å². The number of benzodiazepines with no additional fused rings is 1. The second-order valence-corrected chi connectivity index (χ2v) is 9.58. The number of nitrogens with one attached hydrogen (secondary N) is 3. The molecule has 5 rings (SSSR count). The number of halogens is 2. The van der Waals surface area contributed by atoms with Crippen molar-refractivity contribution in [1.82, 2.24) is 5.32 Å². The summed E-state index contributed by atoms with van der Waals surface area (Å²) in [7, 11) is 5.28. The number of likely N-dealkylation sites (N-methyl/N-ethyl adjacent to an activating group) is 2. The van der Waals surface area contributed by atoms with Gasteiger partial charge >= 0.3 is 0 Å². The van der Waals surface area contributed by atoms with Crippen molar-refractivity contribution in [2.75, 3.05) is 36.7 Å². The van der Waals surface area contributed by atoms with E-state index in [4.69, 9.17) is 12.2 Å². The Bertz CT molecular complexity index is 1530. The van der Waals surface area contributed by atoms with Crippen molar-refractivity contribution >= 4 is 73.1 Å². The zero-order chi connectivity index (χ0) is 27.2. The fraction of sp³-hybridized carbons (Fsp3) is 0.138. The number of hydrogen-bond donors (Lipinski definition) is 3. The lowest BCUT2D eigenvalue weighted by molar-refractivity contribution is -0.119. The summed E-state index contributed by atoms with van der Waals surface area (Å²) in [5.74, 6) is -0.563. The van der Waals surface area contributed by atoms with Crippen LogP contribution in [0.1, 0.15) is 11.1 Å². The van der Waals surface area contributed by atoms with Gasteiger partial charge in [-0.05, 0) is 49.5 Å². The molecule has 0 bridgehead atoms. The molecule has 9 heteroatoms. The summed E-state index contributed by atoms with van der Waals surface area (Å²) in [6.07, 6.45) is -0.763. The summed E-state index contributed by atoms with van der Waals surface area (Å²) < 4.78 is 15.2. The van der Waals surface area contributed by atoms with Crippen LogP contribution in [0.2, 0.25) is 0 Å². The Hall–Kier alpha value is -3.66. The van der Waals surface area contributed by atoms with Gasteiger partial charge in [0.25, 0.3) is 5.91 Å². The molecule has 194 valence electrons. The number of amides is 1. The molecule has 1 atom stereocenters. The normalized spacial score (nSPS) is 14.6. The maximum atomic E-state index is 14.3. The molecule has 4 aromatic carbocycles. The van der Waals surface area contributed by atoms with Crippen LogP contribution in [-0.4, -0.2) is 44.4 Å². The number of nitrogens with zero attached hydrogens (tertiary/aromatic N) is 2. The number of carbonyl (C=O) groups is 1. The maximum absolute atomic E-state index is 14.3. The lowest BCUT2D eigenvalue weighted by Crippen LogP contribution is -2.41. The highest BCUT2D eigenvalue weighted by molar-refractivity contribution is 9.10. The molecule has 6 nitrogen and oxygen atoms in total. The number of hydrogen-bond acceptors (Lipinski definition) is 5. The lowest BCUT2D eigenvalue weighted by atomic mass is 10.00. The number of thiocarbonyl (C=S) groups is 1. The Morgan fingerprint density at radius 2 is 1.61 bits per heavy atom. The largest absolute Gasteiger partial charge is 0.388 e. The highest BCUT2D eigenvalue weighted by atomic mass is 79.9. The summed E-state index contributed by atoms with van der Waals surface area (Å²) in [6.45, 7) is 0. The molecule has 0 radical (unpaired) electrons. The van der Waals surface area contributed by atoms with E-state index in [1.807, 2.05) is 49.5 Å². The number of aliphatic imine (C=N–C) groups is 1. The summed E-state index contributed by atoms with van der Waals surface area (Å²) in [4.78, 5) is 18.6. The van der Waals surface area contributed by atoms with Crippen LogP contribution in [0.4, 0.5) is 21.5 Å². The Balaban J connectivity index is 0.000000194. The molecule has 0 aromatic heterocycles. The van der Waals surface area contributed by atoms with Crippen molar-refractivity contribution in [2.24, 2.45) is 4.99 Å². The number of fused-ring (bicyclic) bond motifs is 2. The smallest absolute Gasteiger partial charge is 0.266 e. The first-order valence-corrected chi connectivity index (χ1v) is 13.1. The van der Waals surface area contributed by atoms with Gasteiger partial charge in [-0.1, -0.05) is 64.5 Å². The quantitative estimate of drug-likeness (QED) is 0.241. The van der Waals surface area contributed by atoms with Crippen molar-refractivity contribution in [1.29, 1.82) is 0 Å². The number of rotatable bonds is 5. The Labute approximate surface area is 235 Å². The van der Waals surface area contributed by atoms with Gasteiger partial charge in [-0.25, -0.2) is 4.39 Å². The molecule has 1 amide bonds. The van der Waals surface area contributed by atoms with Crippen LogP contribution in [0.3, 0.4) is 0 Å². The molecule has 0 saturated carbocycles. The monoisotopic (exact) mass is 591 g/mol. The minimum atomic E-state index is -0.763. The van der Waals surface area contributed by atoms with E-state index in [1.165, 1.54) is 22.3 Å². The Kier molecular flexibility index (Phi) is 8.83. The average Bonchev–Trinajstić information content (AvgIpc) is 3.04. The predicted octanol–water partition coefficient (Wildman–Crippen LogP) is 6.20. The third-order valence-corrected chi connectivity index (χ3v) is 6.82. The number of carbonyl (C=O) groups excluding carboxylic acids is 1. The molecule has 0 aliphatic carbocycles. The first kappa shape index (κ1) is 27.4. The van der Waals surface area contributed by atoms with E-state index in [0.717, 1.165) is 15.8 Å². The Morgan fingerprint density at radius 3 is 2.26 bits per heavy atom. The highest BCUT2D eigenvalue weighted by Gasteiger charge is 2.29. The molecule has 1 aliphatic heterocycles. The van der Waals surface area contributed by atoms with Gasteiger partial charge in [0.15, 0.2) is 6.17 Å². The molecule has 38 heavy (non-hydrogen) atoms. The topological polar surface area (TPSA) is 68.8 Å². The Morgan fingerprint density at radius 1 is 0.947 bits per heavy atom. The van der Waals surface area contributed by atoms with E-state index in [2.05, 4.69) is 49.0 Å². The van der Waals surface area contributed by atoms with Gasteiger partial charge < -0.3 is 15.5 Å². The molecule has 1 aliphatic rings. The minimum Gasteiger partial charge on any atom is -0.388 e. The molecule has 1 unspecified atom stereocenters. The molecule has 0 spiro atoms. The van der Waals surface area contributed by atoms with Crippen LogP contribution in [0.5, 0.6) is 0 Å². The summed E-state index contributed by atoms with van der Waals surface area (Å²) >= 11 is 8.24. The standard InChI is InChI=1S/C17H15BrFN3O.C12H12N2S/c1-20-16-17(23)22(2)14-8-7-10(18)9-12(14)15(21-16)11-5-3-4-6-13(11)19;1-13-11-6-7-12(14-8-15)10-5-3-2-4-9(10)11/h3-9,16,20H,1-2H3;2-8,13H,1H3,(H,14,15). The summed E-state index contributed by atoms with van der Waals surface area (Å²) in [5.41, 5.74) is 5.92. The van der Waals surface area contributed by atoms with Gasteiger partial charge in [-0.3, -0.25) is 15.1 Å². The van der Waals surface area contributed by atoms with Crippen LogP contribution in [0, 0.1) is 5.82 Å². The van der Waals surface area contributed by atoms with Crippen molar-refractivity contribution in [2.45, 2.75) is 6.17 Å². The molecular weight excluding hydrogens is 565 g/mol. The van der Waals surface area contributed by atoms with Gasteiger partial charge in [-0.15, -0.1) is 0 Å². The molecule has 4 aromatic rings. The summed E-state index contributed by atoms with van der Waals surface area (Å²) in [5, 5.41) is 11.5. The van der Waals surface area contributed by atoms with Crippen molar-refractivity contribution < 1.29 is 9.18 Å². The van der Waals surface area contributed by atoms with Gasteiger partial charge in [0.1, 0.15) is 5.82 Å². The van der Waals surface area contributed by atoms with Crippen molar-refractivity contribution in [3.8, 4) is 0 Å². The molecule has 3 N–H and O–H groups in total. The fourth-order valence-corrected chi connectivity index (χ4v) is 4.80. The van der Waals surface area contributed by atoms with Gasteiger partial charge in [-0.2, -0.15) is 0 Å². The zero-order valence-corrected chi connectivity index (χ0v) is 23.5. The second kappa shape index (κ2) is 12.3. The fourth-order valence-electron chi connectivity index (χ4n) is 4.31. The minimum absolute atomic E-state index is 0.192. The second-order valence-electron chi connectivity index (χ2n) is 8.43. The van der Waals surface area contributed by atoms with Crippen LogP contribution in [0.25, 0.3) is 10.8 Å². The number of benzene rings is 4. The van der Waals surface area contributed by atoms with E-state index in [-0.39, 0.29) is 11.7 Å². The predicted molar refractivity (Wildman–Crippen MR) is 163 cm³/mol. The van der Waals surface area contributed by atoms with Gasteiger partial charge in [0, 0.05) is 51.8 Å². The van der Waals surface area contributed by atoms with E-state index < -0.39 is 6.17 Å². The first-order chi connectivity index (χ1) is 18.4. The summed E-state index contributed by atoms with van der Waals surface area (Å²) in [6, 6.07) is 24.3. The van der Waals surface area contributed by atoms with Crippen LogP contribution in [0.15, 0.2) is 88.3 Å². The van der Waals surface area contributed by atoms with Crippen LogP contribution < -0.4 is 20.9 Å². The third-order valence-electron chi connectivity index (χ3n) is 6.21. The highest BCUT2D eigenvalue weighted by Crippen LogP contribution is 2.31.